The molecule has 1 heterocycles. The van der Waals surface area contributed by atoms with Crippen LogP contribution in [0.25, 0.3) is 0 Å². The molecule has 5 nitrogen and oxygen atoms in total. The third-order valence-corrected chi connectivity index (χ3v) is 8.04. The highest BCUT2D eigenvalue weighted by Gasteiger charge is 2.64. The number of carboxylic acid groups (broad SMARTS) is 1. The van der Waals surface area contributed by atoms with Gasteiger partial charge >= 0.3 is 5.97 Å². The summed E-state index contributed by atoms with van der Waals surface area (Å²) in [7, 11) is 0. The van der Waals surface area contributed by atoms with Crippen molar-refractivity contribution in [3.63, 3.8) is 0 Å². The Morgan fingerprint density at radius 1 is 0.732 bits per heavy atom. The number of amides is 1. The van der Waals surface area contributed by atoms with Crippen LogP contribution in [0.2, 0.25) is 0 Å². The fourth-order valence-electron chi connectivity index (χ4n) is 6.13. The van der Waals surface area contributed by atoms with Crippen LogP contribution in [-0.4, -0.2) is 33.2 Å². The number of nitrogens with zero attached hydrogens (tertiary/aromatic N) is 1. The minimum atomic E-state index is -1.94. The largest absolute Gasteiger partial charge is 0.479 e. The van der Waals surface area contributed by atoms with E-state index in [1.165, 1.54) is 48.2 Å². The van der Waals surface area contributed by atoms with E-state index in [9.17, 15) is 28.3 Å². The average molecular weight is 554 g/mol. The quantitative estimate of drug-likeness (QED) is 0.264. The fourth-order valence-corrected chi connectivity index (χ4v) is 6.13. The first-order chi connectivity index (χ1) is 19.5. The van der Waals surface area contributed by atoms with E-state index >= 15 is 0 Å². The molecule has 5 rings (SSSR count). The first kappa shape index (κ1) is 27.9. The lowest BCUT2D eigenvalue weighted by Gasteiger charge is -2.38. The number of carbonyl (C=O) groups excluding carboxylic acids is 2. The lowest BCUT2D eigenvalue weighted by molar-refractivity contribution is -0.148. The summed E-state index contributed by atoms with van der Waals surface area (Å²) in [6.07, 6.45) is 0. The van der Waals surface area contributed by atoms with E-state index < -0.39 is 46.9 Å². The Morgan fingerprint density at radius 3 is 1.85 bits per heavy atom. The number of likely N-dealkylation sites (tertiary alicyclic amines) is 1. The standard InChI is InChI=1S/C34H29F2NO4/c1-20-6-4-8-24(18-20)30-28(31(38)25-9-5-7-21(2)19-25)29(22-10-14-26(35)15-11-22)34(3,33(40)41)37(30)32(39)23-12-16-27(36)17-13-23/h4-19,28-30H,1-3H3,(H,40,41). The normalized spacial score (nSPS) is 22.0. The van der Waals surface area contributed by atoms with Gasteiger partial charge in [-0.05, 0) is 74.4 Å². The molecular formula is C34H29F2NO4. The molecule has 0 saturated carbocycles. The number of aliphatic carboxylic acids is 1. The molecular weight excluding hydrogens is 524 g/mol. The summed E-state index contributed by atoms with van der Waals surface area (Å²) in [5, 5.41) is 10.9. The third-order valence-electron chi connectivity index (χ3n) is 8.04. The van der Waals surface area contributed by atoms with Gasteiger partial charge in [0, 0.05) is 17.0 Å². The fraction of sp³-hybridized carbons (Fsp3) is 0.206. The summed E-state index contributed by atoms with van der Waals surface area (Å²) >= 11 is 0. The Labute approximate surface area is 237 Å². The first-order valence-corrected chi connectivity index (χ1v) is 13.3. The number of rotatable bonds is 6. The number of carbonyl (C=O) groups is 3. The number of ketones is 1. The van der Waals surface area contributed by atoms with Crippen LogP contribution in [0.5, 0.6) is 0 Å². The van der Waals surface area contributed by atoms with Crippen molar-refractivity contribution >= 4 is 17.7 Å². The van der Waals surface area contributed by atoms with Crippen LogP contribution in [0.15, 0.2) is 97.1 Å². The van der Waals surface area contributed by atoms with Crippen LogP contribution in [0.1, 0.15) is 61.9 Å². The monoisotopic (exact) mass is 553 g/mol. The Bertz CT molecular complexity index is 1630. The maximum absolute atomic E-state index is 14.5. The summed E-state index contributed by atoms with van der Waals surface area (Å²) in [5.41, 5.74) is 1.22. The molecule has 4 aromatic carbocycles. The Balaban J connectivity index is 1.83. The number of benzene rings is 4. The highest BCUT2D eigenvalue weighted by Crippen LogP contribution is 2.57. The van der Waals surface area contributed by atoms with Crippen molar-refractivity contribution in [1.29, 1.82) is 0 Å². The average Bonchev–Trinajstić information content (AvgIpc) is 3.23. The molecule has 0 aromatic heterocycles. The van der Waals surface area contributed by atoms with E-state index in [0.29, 0.717) is 16.7 Å². The van der Waals surface area contributed by atoms with E-state index in [1.54, 1.807) is 30.3 Å². The molecule has 41 heavy (non-hydrogen) atoms. The smallest absolute Gasteiger partial charge is 0.330 e. The minimum absolute atomic E-state index is 0.0815. The Kier molecular flexibility index (Phi) is 7.30. The molecule has 0 spiro atoms. The second kappa shape index (κ2) is 10.7. The molecule has 1 aliphatic heterocycles. The van der Waals surface area contributed by atoms with E-state index in [2.05, 4.69) is 0 Å². The van der Waals surface area contributed by atoms with Crippen molar-refractivity contribution in [1.82, 2.24) is 4.90 Å². The highest BCUT2D eigenvalue weighted by molar-refractivity contribution is 6.04. The molecule has 0 aliphatic carbocycles. The lowest BCUT2D eigenvalue weighted by Crippen LogP contribution is -2.54. The summed E-state index contributed by atoms with van der Waals surface area (Å²) < 4.78 is 27.9. The number of carboxylic acids is 1. The van der Waals surface area contributed by atoms with Gasteiger partial charge in [-0.15, -0.1) is 0 Å². The van der Waals surface area contributed by atoms with Crippen molar-refractivity contribution in [3.8, 4) is 0 Å². The second-order valence-corrected chi connectivity index (χ2v) is 10.8. The SMILES string of the molecule is Cc1cccc(C(=O)C2C(c3cccc(C)c3)N(C(=O)c3ccc(F)cc3)C(C)(C(=O)O)C2c2ccc(F)cc2)c1. The zero-order chi connectivity index (χ0) is 29.5. The van der Waals surface area contributed by atoms with Gasteiger partial charge in [-0.2, -0.15) is 0 Å². The highest BCUT2D eigenvalue weighted by atomic mass is 19.1. The molecule has 0 radical (unpaired) electrons. The molecule has 1 aliphatic rings. The number of hydrogen-bond donors (Lipinski definition) is 1. The van der Waals surface area contributed by atoms with Crippen molar-refractivity contribution in [3.05, 3.63) is 142 Å². The summed E-state index contributed by atoms with van der Waals surface area (Å²) in [6.45, 7) is 5.15. The molecule has 208 valence electrons. The molecule has 1 fully saturated rings. The Hall–Kier alpha value is -4.65. The van der Waals surface area contributed by atoms with Crippen molar-refractivity contribution in [2.45, 2.75) is 38.3 Å². The van der Waals surface area contributed by atoms with Gasteiger partial charge in [0.15, 0.2) is 5.78 Å². The number of hydrogen-bond acceptors (Lipinski definition) is 3. The van der Waals surface area contributed by atoms with E-state index in [-0.39, 0.29) is 11.3 Å². The zero-order valence-corrected chi connectivity index (χ0v) is 22.8. The predicted molar refractivity (Wildman–Crippen MR) is 151 cm³/mol. The third kappa shape index (κ3) is 4.92. The van der Waals surface area contributed by atoms with Gasteiger partial charge in [-0.1, -0.05) is 65.7 Å². The van der Waals surface area contributed by atoms with Gasteiger partial charge in [0.1, 0.15) is 17.2 Å². The van der Waals surface area contributed by atoms with Crippen LogP contribution in [0.4, 0.5) is 8.78 Å². The van der Waals surface area contributed by atoms with E-state index in [0.717, 1.165) is 23.3 Å². The topological polar surface area (TPSA) is 74.7 Å². The van der Waals surface area contributed by atoms with E-state index in [1.807, 2.05) is 32.0 Å². The summed E-state index contributed by atoms with van der Waals surface area (Å²) in [6, 6.07) is 23.5. The van der Waals surface area contributed by atoms with E-state index in [4.69, 9.17) is 0 Å². The zero-order valence-electron chi connectivity index (χ0n) is 22.8. The van der Waals surface area contributed by atoms with Gasteiger partial charge in [0.25, 0.3) is 5.91 Å². The van der Waals surface area contributed by atoms with Gasteiger partial charge in [-0.25, -0.2) is 13.6 Å². The minimum Gasteiger partial charge on any atom is -0.479 e. The van der Waals surface area contributed by atoms with Crippen LogP contribution in [-0.2, 0) is 4.79 Å². The second-order valence-electron chi connectivity index (χ2n) is 10.8. The molecule has 4 unspecified atom stereocenters. The van der Waals surface area contributed by atoms with Gasteiger partial charge < -0.3 is 10.0 Å². The summed E-state index contributed by atoms with van der Waals surface area (Å²) in [4.78, 5) is 43.4. The molecule has 4 aromatic rings. The molecule has 1 N–H and O–H groups in total. The number of halogens is 2. The van der Waals surface area contributed by atoms with Gasteiger partial charge in [-0.3, -0.25) is 9.59 Å². The van der Waals surface area contributed by atoms with Gasteiger partial charge in [0.05, 0.1) is 12.0 Å². The molecule has 0 bridgehead atoms. The maximum atomic E-state index is 14.5. The number of aryl methyl sites for hydroxylation is 2. The maximum Gasteiger partial charge on any atom is 0.330 e. The molecule has 1 amide bonds. The van der Waals surface area contributed by atoms with Crippen LogP contribution < -0.4 is 0 Å². The van der Waals surface area contributed by atoms with Gasteiger partial charge in [0.2, 0.25) is 0 Å². The molecule has 7 heteroatoms. The predicted octanol–water partition coefficient (Wildman–Crippen LogP) is 6.90. The molecule has 1 saturated heterocycles. The lowest BCUT2D eigenvalue weighted by atomic mass is 9.71. The Morgan fingerprint density at radius 2 is 1.29 bits per heavy atom. The van der Waals surface area contributed by atoms with Crippen molar-refractivity contribution in [2.24, 2.45) is 5.92 Å². The first-order valence-electron chi connectivity index (χ1n) is 13.3. The molecule has 4 atom stereocenters. The van der Waals surface area contributed by atoms with Crippen LogP contribution in [0, 0.1) is 31.4 Å². The van der Waals surface area contributed by atoms with Crippen LogP contribution in [0.3, 0.4) is 0 Å². The van der Waals surface area contributed by atoms with Crippen LogP contribution >= 0.6 is 0 Å². The van der Waals surface area contributed by atoms with Crippen molar-refractivity contribution in [2.75, 3.05) is 0 Å². The number of Topliss-reactive ketones (excluding diaryl/α,β-unsaturated/α-hetero) is 1. The summed E-state index contributed by atoms with van der Waals surface area (Å²) in [5.74, 6) is -5.47. The van der Waals surface area contributed by atoms with Crippen molar-refractivity contribution < 1.29 is 28.3 Å².